The molecule has 0 radical (unpaired) electrons. The number of furan rings is 1. The summed E-state index contributed by atoms with van der Waals surface area (Å²) < 4.78 is 11.8. The summed E-state index contributed by atoms with van der Waals surface area (Å²) in [5, 5.41) is 10.1. The summed E-state index contributed by atoms with van der Waals surface area (Å²) in [6, 6.07) is 17.6. The van der Waals surface area contributed by atoms with Crippen LogP contribution >= 0.6 is 0 Å². The lowest BCUT2D eigenvalue weighted by atomic mass is 10.0. The highest BCUT2D eigenvalue weighted by atomic mass is 16.4. The van der Waals surface area contributed by atoms with Crippen molar-refractivity contribution >= 4 is 16.9 Å². The molecule has 0 fully saturated rings. The van der Waals surface area contributed by atoms with Gasteiger partial charge in [-0.15, -0.1) is 0 Å². The molecule has 2 aromatic carbocycles. The number of fused-ring (bicyclic) bond motifs is 1. The quantitative estimate of drug-likeness (QED) is 0.498. The van der Waals surface area contributed by atoms with E-state index in [1.54, 1.807) is 6.92 Å². The average Bonchev–Trinajstić information content (AvgIpc) is 3.25. The zero-order valence-corrected chi connectivity index (χ0v) is 15.8. The maximum Gasteiger partial charge on any atom is 0.306 e. The predicted octanol–water partition coefficient (Wildman–Crippen LogP) is 5.25. The summed E-state index contributed by atoms with van der Waals surface area (Å²) in [6.45, 7) is 3.62. The minimum Gasteiger partial charge on any atom is -0.481 e. The van der Waals surface area contributed by atoms with E-state index < -0.39 is 11.9 Å². The minimum atomic E-state index is -0.788. The van der Waals surface area contributed by atoms with Crippen molar-refractivity contribution in [2.45, 2.75) is 26.7 Å². The van der Waals surface area contributed by atoms with Gasteiger partial charge in [0, 0.05) is 10.9 Å². The van der Waals surface area contributed by atoms with Crippen LogP contribution in [-0.2, 0) is 17.6 Å². The number of carbonyl (C=O) groups is 1. The molecular weight excluding hydrogens is 354 g/mol. The van der Waals surface area contributed by atoms with Crippen molar-refractivity contribution in [3.05, 3.63) is 77.4 Å². The molecule has 1 unspecified atom stereocenters. The lowest BCUT2D eigenvalue weighted by Crippen LogP contribution is -2.12. The minimum absolute atomic E-state index is 0.419. The Morgan fingerprint density at radius 2 is 1.89 bits per heavy atom. The van der Waals surface area contributed by atoms with Crippen LogP contribution in [0.4, 0.5) is 0 Å². The lowest BCUT2D eigenvalue weighted by molar-refractivity contribution is -0.141. The van der Waals surface area contributed by atoms with Gasteiger partial charge in [0.1, 0.15) is 17.1 Å². The molecule has 4 rings (SSSR count). The Morgan fingerprint density at radius 1 is 1.11 bits per heavy atom. The van der Waals surface area contributed by atoms with Crippen LogP contribution in [0.3, 0.4) is 0 Å². The largest absolute Gasteiger partial charge is 0.481 e. The molecule has 142 valence electrons. The molecular formula is C23H21NO4. The third-order valence-corrected chi connectivity index (χ3v) is 4.85. The maximum atomic E-state index is 11.1. The van der Waals surface area contributed by atoms with E-state index in [4.69, 9.17) is 13.9 Å². The zero-order valence-electron chi connectivity index (χ0n) is 15.8. The summed E-state index contributed by atoms with van der Waals surface area (Å²) in [4.78, 5) is 15.7. The van der Waals surface area contributed by atoms with Crippen LogP contribution in [0.25, 0.3) is 22.4 Å². The second kappa shape index (κ2) is 7.35. The van der Waals surface area contributed by atoms with Gasteiger partial charge in [-0.1, -0.05) is 31.2 Å². The SMILES string of the molecule is Cc1oc(-c2ccccc2)nc1Cc1cc2cc(CC(C)C(=O)O)ccc2o1. The number of nitrogens with zero attached hydrogens (tertiary/aromatic N) is 1. The molecule has 4 aromatic rings. The highest BCUT2D eigenvalue weighted by Gasteiger charge is 2.15. The Kier molecular flexibility index (Phi) is 4.74. The topological polar surface area (TPSA) is 76.5 Å². The molecule has 0 amide bonds. The van der Waals surface area contributed by atoms with Crippen LogP contribution in [-0.4, -0.2) is 16.1 Å². The first-order valence-electron chi connectivity index (χ1n) is 9.25. The van der Waals surface area contributed by atoms with E-state index in [9.17, 15) is 4.79 Å². The molecule has 2 heterocycles. The molecule has 0 saturated heterocycles. The van der Waals surface area contributed by atoms with Gasteiger partial charge in [0.15, 0.2) is 0 Å². The monoisotopic (exact) mass is 375 g/mol. The third-order valence-electron chi connectivity index (χ3n) is 4.85. The van der Waals surface area contributed by atoms with Crippen LogP contribution in [0.15, 0.2) is 63.4 Å². The van der Waals surface area contributed by atoms with Crippen LogP contribution in [0.1, 0.15) is 29.7 Å². The number of hydrogen-bond acceptors (Lipinski definition) is 4. The predicted molar refractivity (Wildman–Crippen MR) is 106 cm³/mol. The molecule has 0 aliphatic carbocycles. The van der Waals surface area contributed by atoms with Gasteiger partial charge < -0.3 is 13.9 Å². The van der Waals surface area contributed by atoms with Gasteiger partial charge in [-0.2, -0.15) is 0 Å². The molecule has 1 N–H and O–H groups in total. The van der Waals surface area contributed by atoms with Crippen LogP contribution in [0, 0.1) is 12.8 Å². The number of rotatable bonds is 6. The van der Waals surface area contributed by atoms with Gasteiger partial charge in [0.2, 0.25) is 5.89 Å². The van der Waals surface area contributed by atoms with Gasteiger partial charge in [-0.05, 0) is 49.2 Å². The van der Waals surface area contributed by atoms with Crippen molar-refractivity contribution in [1.29, 1.82) is 0 Å². The first-order valence-corrected chi connectivity index (χ1v) is 9.25. The molecule has 5 heteroatoms. The van der Waals surface area contributed by atoms with Crippen LogP contribution in [0.5, 0.6) is 0 Å². The van der Waals surface area contributed by atoms with E-state index in [0.29, 0.717) is 18.7 Å². The second-order valence-electron chi connectivity index (χ2n) is 7.09. The normalized spacial score (nSPS) is 12.4. The number of hydrogen-bond donors (Lipinski definition) is 1. The second-order valence-corrected chi connectivity index (χ2v) is 7.09. The van der Waals surface area contributed by atoms with E-state index in [1.807, 2.05) is 61.5 Å². The molecule has 28 heavy (non-hydrogen) atoms. The third kappa shape index (κ3) is 3.69. The van der Waals surface area contributed by atoms with Crippen molar-refractivity contribution in [3.8, 4) is 11.5 Å². The number of carboxylic acids is 1. The summed E-state index contributed by atoms with van der Waals surface area (Å²) in [7, 11) is 0. The van der Waals surface area contributed by atoms with Crippen molar-refractivity contribution in [1.82, 2.24) is 4.98 Å². The fourth-order valence-corrected chi connectivity index (χ4v) is 3.26. The molecule has 0 aliphatic heterocycles. The summed E-state index contributed by atoms with van der Waals surface area (Å²) in [5.74, 6) is 0.973. The highest BCUT2D eigenvalue weighted by Crippen LogP contribution is 2.27. The first kappa shape index (κ1) is 18.0. The number of aromatic nitrogens is 1. The molecule has 5 nitrogen and oxygen atoms in total. The van der Waals surface area contributed by atoms with E-state index >= 15 is 0 Å². The summed E-state index contributed by atoms with van der Waals surface area (Å²) >= 11 is 0. The van der Waals surface area contributed by atoms with Gasteiger partial charge in [-0.3, -0.25) is 4.79 Å². The van der Waals surface area contributed by atoms with Crippen molar-refractivity contribution < 1.29 is 18.7 Å². The molecule has 0 saturated carbocycles. The number of aryl methyl sites for hydroxylation is 1. The molecule has 0 aliphatic rings. The maximum absolute atomic E-state index is 11.1. The van der Waals surface area contributed by atoms with Crippen LogP contribution < -0.4 is 0 Å². The highest BCUT2D eigenvalue weighted by molar-refractivity contribution is 5.79. The standard InChI is InChI=1S/C23H21NO4/c1-14(23(25)26)10-16-8-9-21-18(11-16)12-19(28-21)13-20-15(2)27-22(24-20)17-6-4-3-5-7-17/h3-9,11-12,14H,10,13H2,1-2H3,(H,25,26). The summed E-state index contributed by atoms with van der Waals surface area (Å²) in [6.07, 6.45) is 1.03. The van der Waals surface area contributed by atoms with E-state index in [0.717, 1.165) is 39.3 Å². The zero-order chi connectivity index (χ0) is 19.7. The first-order chi connectivity index (χ1) is 13.5. The Hall–Kier alpha value is -3.34. The Labute approximate surface area is 162 Å². The molecule has 0 spiro atoms. The molecule has 0 bridgehead atoms. The van der Waals surface area contributed by atoms with Gasteiger partial charge in [-0.25, -0.2) is 4.98 Å². The van der Waals surface area contributed by atoms with Crippen molar-refractivity contribution in [2.75, 3.05) is 0 Å². The summed E-state index contributed by atoms with van der Waals surface area (Å²) in [5.41, 5.74) is 3.56. The van der Waals surface area contributed by atoms with Gasteiger partial charge in [0.25, 0.3) is 0 Å². The van der Waals surface area contributed by atoms with E-state index in [1.165, 1.54) is 0 Å². The number of aliphatic carboxylic acids is 1. The Balaban J connectivity index is 1.57. The van der Waals surface area contributed by atoms with Crippen molar-refractivity contribution in [3.63, 3.8) is 0 Å². The van der Waals surface area contributed by atoms with E-state index in [2.05, 4.69) is 4.98 Å². The smallest absolute Gasteiger partial charge is 0.306 e. The molecule has 1 atom stereocenters. The van der Waals surface area contributed by atoms with Gasteiger partial charge >= 0.3 is 5.97 Å². The lowest BCUT2D eigenvalue weighted by Gasteiger charge is -2.05. The average molecular weight is 375 g/mol. The number of carboxylic acid groups (broad SMARTS) is 1. The molecule has 2 aromatic heterocycles. The van der Waals surface area contributed by atoms with Crippen molar-refractivity contribution in [2.24, 2.45) is 5.92 Å². The van der Waals surface area contributed by atoms with Crippen LogP contribution in [0.2, 0.25) is 0 Å². The fraction of sp³-hybridized carbons (Fsp3) is 0.217. The van der Waals surface area contributed by atoms with E-state index in [-0.39, 0.29) is 0 Å². The number of benzene rings is 2. The Bertz CT molecular complexity index is 1120. The number of oxazole rings is 1. The Morgan fingerprint density at radius 3 is 2.64 bits per heavy atom. The fourth-order valence-electron chi connectivity index (χ4n) is 3.26. The van der Waals surface area contributed by atoms with Gasteiger partial charge in [0.05, 0.1) is 18.0 Å².